The van der Waals surface area contributed by atoms with Crippen LogP contribution in [0.3, 0.4) is 0 Å². The molecule has 3 N–H and O–H groups in total. The molecule has 0 aromatic carbocycles. The highest BCUT2D eigenvalue weighted by Gasteiger charge is 2.23. The summed E-state index contributed by atoms with van der Waals surface area (Å²) in [6.45, 7) is 1.35. The van der Waals surface area contributed by atoms with Gasteiger partial charge in [0, 0.05) is 31.4 Å². The van der Waals surface area contributed by atoms with E-state index in [0.29, 0.717) is 18.9 Å². The highest BCUT2D eigenvalue weighted by atomic mass is 16.1. The summed E-state index contributed by atoms with van der Waals surface area (Å²) in [5.74, 6) is 0.480. The van der Waals surface area contributed by atoms with Crippen molar-refractivity contribution in [3.8, 4) is 0 Å². The molecule has 0 spiro atoms. The SMILES string of the molecule is NC1CCCCC1CC(=O)NCCn1cccn1. The molecule has 2 rings (SSSR count). The minimum Gasteiger partial charge on any atom is -0.354 e. The molecular formula is C13H22N4O. The first-order chi connectivity index (χ1) is 8.75. The highest BCUT2D eigenvalue weighted by Crippen LogP contribution is 2.25. The predicted molar refractivity (Wildman–Crippen MR) is 69.8 cm³/mol. The van der Waals surface area contributed by atoms with E-state index in [4.69, 9.17) is 5.73 Å². The maximum Gasteiger partial charge on any atom is 0.220 e. The van der Waals surface area contributed by atoms with Gasteiger partial charge in [-0.1, -0.05) is 12.8 Å². The van der Waals surface area contributed by atoms with Crippen molar-refractivity contribution in [2.24, 2.45) is 11.7 Å². The molecule has 1 amide bonds. The van der Waals surface area contributed by atoms with E-state index in [2.05, 4.69) is 10.4 Å². The first kappa shape index (κ1) is 13.1. The molecule has 0 aliphatic heterocycles. The second kappa shape index (κ2) is 6.54. The van der Waals surface area contributed by atoms with Gasteiger partial charge in [0.15, 0.2) is 0 Å². The maximum absolute atomic E-state index is 11.8. The van der Waals surface area contributed by atoms with E-state index in [1.54, 1.807) is 6.20 Å². The van der Waals surface area contributed by atoms with Gasteiger partial charge in [-0.3, -0.25) is 9.48 Å². The summed E-state index contributed by atoms with van der Waals surface area (Å²) in [6.07, 6.45) is 8.77. The molecule has 0 bridgehead atoms. The molecular weight excluding hydrogens is 228 g/mol. The summed E-state index contributed by atoms with van der Waals surface area (Å²) in [4.78, 5) is 11.8. The fraction of sp³-hybridized carbons (Fsp3) is 0.692. The lowest BCUT2D eigenvalue weighted by Gasteiger charge is -2.27. The number of amides is 1. The van der Waals surface area contributed by atoms with Gasteiger partial charge in [0.2, 0.25) is 5.91 Å². The molecule has 5 heteroatoms. The van der Waals surface area contributed by atoms with E-state index in [9.17, 15) is 4.79 Å². The highest BCUT2D eigenvalue weighted by molar-refractivity contribution is 5.76. The van der Waals surface area contributed by atoms with Gasteiger partial charge in [-0.15, -0.1) is 0 Å². The van der Waals surface area contributed by atoms with Gasteiger partial charge in [0.05, 0.1) is 6.54 Å². The smallest absolute Gasteiger partial charge is 0.220 e. The van der Waals surface area contributed by atoms with Crippen molar-refractivity contribution in [2.75, 3.05) is 6.54 Å². The summed E-state index contributed by atoms with van der Waals surface area (Å²) in [5.41, 5.74) is 6.04. The Morgan fingerprint density at radius 3 is 3.00 bits per heavy atom. The molecule has 100 valence electrons. The van der Waals surface area contributed by atoms with Crippen LogP contribution in [0.5, 0.6) is 0 Å². The Morgan fingerprint density at radius 1 is 1.44 bits per heavy atom. The van der Waals surface area contributed by atoms with Crippen LogP contribution in [0.1, 0.15) is 32.1 Å². The first-order valence-electron chi connectivity index (χ1n) is 6.75. The molecule has 1 fully saturated rings. The van der Waals surface area contributed by atoms with E-state index >= 15 is 0 Å². The Hall–Kier alpha value is -1.36. The van der Waals surface area contributed by atoms with Gasteiger partial charge < -0.3 is 11.1 Å². The normalized spacial score (nSPS) is 23.8. The standard InChI is InChI=1S/C13H22N4O/c14-12-5-2-1-4-11(12)10-13(18)15-7-9-17-8-3-6-16-17/h3,6,8,11-12H,1-2,4-5,7,9-10,14H2,(H,15,18). The number of hydrogen-bond donors (Lipinski definition) is 2. The minimum absolute atomic E-state index is 0.115. The Balaban J connectivity index is 1.65. The predicted octanol–water partition coefficient (Wildman–Crippen LogP) is 0.907. The molecule has 1 aliphatic carbocycles. The number of nitrogens with two attached hydrogens (primary N) is 1. The van der Waals surface area contributed by atoms with E-state index in [-0.39, 0.29) is 11.9 Å². The topological polar surface area (TPSA) is 72.9 Å². The van der Waals surface area contributed by atoms with Gasteiger partial charge in [-0.2, -0.15) is 5.10 Å². The third-order valence-electron chi connectivity index (χ3n) is 3.64. The Bertz CT molecular complexity index is 363. The quantitative estimate of drug-likeness (QED) is 0.815. The summed E-state index contributed by atoms with van der Waals surface area (Å²) < 4.78 is 1.81. The van der Waals surface area contributed by atoms with Crippen molar-refractivity contribution < 1.29 is 4.79 Å². The summed E-state index contributed by atoms with van der Waals surface area (Å²) in [6, 6.07) is 2.08. The number of aromatic nitrogens is 2. The van der Waals surface area contributed by atoms with Crippen molar-refractivity contribution >= 4 is 5.91 Å². The van der Waals surface area contributed by atoms with Crippen LogP contribution in [0, 0.1) is 5.92 Å². The van der Waals surface area contributed by atoms with Crippen LogP contribution in [-0.4, -0.2) is 28.3 Å². The minimum atomic E-state index is 0.115. The Morgan fingerprint density at radius 2 is 2.28 bits per heavy atom. The number of nitrogens with zero attached hydrogens (tertiary/aromatic N) is 2. The van der Waals surface area contributed by atoms with Crippen LogP contribution < -0.4 is 11.1 Å². The van der Waals surface area contributed by atoms with E-state index in [1.807, 2.05) is 16.9 Å². The third-order valence-corrected chi connectivity index (χ3v) is 3.64. The molecule has 1 aromatic rings. The van der Waals surface area contributed by atoms with Crippen molar-refractivity contribution in [2.45, 2.75) is 44.7 Å². The van der Waals surface area contributed by atoms with Gasteiger partial charge >= 0.3 is 0 Å². The van der Waals surface area contributed by atoms with Crippen molar-refractivity contribution in [3.05, 3.63) is 18.5 Å². The molecule has 0 radical (unpaired) electrons. The van der Waals surface area contributed by atoms with Crippen molar-refractivity contribution in [3.63, 3.8) is 0 Å². The Labute approximate surface area is 108 Å². The van der Waals surface area contributed by atoms with Crippen LogP contribution in [0.2, 0.25) is 0 Å². The van der Waals surface area contributed by atoms with Crippen LogP contribution >= 0.6 is 0 Å². The lowest BCUT2D eigenvalue weighted by Crippen LogP contribution is -2.37. The third kappa shape index (κ3) is 3.84. The van der Waals surface area contributed by atoms with E-state index in [1.165, 1.54) is 12.8 Å². The fourth-order valence-electron chi connectivity index (χ4n) is 2.54. The van der Waals surface area contributed by atoms with E-state index in [0.717, 1.165) is 19.4 Å². The summed E-state index contributed by atoms with van der Waals surface area (Å²) >= 11 is 0. The van der Waals surface area contributed by atoms with E-state index < -0.39 is 0 Å². The van der Waals surface area contributed by atoms with Crippen LogP contribution in [0.4, 0.5) is 0 Å². The van der Waals surface area contributed by atoms with Crippen LogP contribution in [-0.2, 0) is 11.3 Å². The lowest BCUT2D eigenvalue weighted by molar-refractivity contribution is -0.122. The molecule has 0 saturated heterocycles. The van der Waals surface area contributed by atoms with Gasteiger partial charge in [-0.25, -0.2) is 0 Å². The van der Waals surface area contributed by atoms with Crippen LogP contribution in [0.25, 0.3) is 0 Å². The molecule has 2 unspecified atom stereocenters. The zero-order valence-corrected chi connectivity index (χ0v) is 10.7. The molecule has 1 saturated carbocycles. The van der Waals surface area contributed by atoms with Crippen LogP contribution in [0.15, 0.2) is 18.5 Å². The maximum atomic E-state index is 11.8. The second-order valence-electron chi connectivity index (χ2n) is 5.03. The zero-order chi connectivity index (χ0) is 12.8. The summed E-state index contributed by atoms with van der Waals surface area (Å²) in [5, 5.41) is 7.02. The monoisotopic (exact) mass is 250 g/mol. The number of hydrogen-bond acceptors (Lipinski definition) is 3. The largest absolute Gasteiger partial charge is 0.354 e. The molecule has 1 aliphatic rings. The average Bonchev–Trinajstić information content (AvgIpc) is 2.85. The van der Waals surface area contributed by atoms with Gasteiger partial charge in [0.25, 0.3) is 0 Å². The lowest BCUT2D eigenvalue weighted by atomic mass is 9.83. The number of carbonyl (C=O) groups excluding carboxylic acids is 1. The second-order valence-corrected chi connectivity index (χ2v) is 5.03. The molecule has 18 heavy (non-hydrogen) atoms. The zero-order valence-electron chi connectivity index (χ0n) is 10.7. The van der Waals surface area contributed by atoms with Gasteiger partial charge in [-0.05, 0) is 24.8 Å². The van der Waals surface area contributed by atoms with Crippen molar-refractivity contribution in [1.29, 1.82) is 0 Å². The fourth-order valence-corrected chi connectivity index (χ4v) is 2.54. The van der Waals surface area contributed by atoms with Crippen molar-refractivity contribution in [1.82, 2.24) is 15.1 Å². The molecule has 5 nitrogen and oxygen atoms in total. The van der Waals surface area contributed by atoms with Gasteiger partial charge in [0.1, 0.15) is 0 Å². The molecule has 1 heterocycles. The summed E-state index contributed by atoms with van der Waals surface area (Å²) in [7, 11) is 0. The Kier molecular flexibility index (Phi) is 4.75. The average molecular weight is 250 g/mol. The number of nitrogens with one attached hydrogen (secondary N) is 1. The number of rotatable bonds is 5. The molecule has 1 aromatic heterocycles. The molecule has 2 atom stereocenters. The first-order valence-corrected chi connectivity index (χ1v) is 6.75. The number of carbonyl (C=O) groups is 1.